The SMILES string of the molecule is CN1CCCCC1Cn1cc(C(=O)C23CC4CC(CC(C4)C2)C3)c2ccccc21. The number of piperidine rings is 1. The highest BCUT2D eigenvalue weighted by Gasteiger charge is 2.54. The minimum absolute atomic E-state index is 0.0503. The Morgan fingerprint density at radius 2 is 1.72 bits per heavy atom. The van der Waals surface area contributed by atoms with Crippen molar-refractivity contribution in [2.24, 2.45) is 23.2 Å². The Kier molecular flexibility index (Phi) is 4.20. The van der Waals surface area contributed by atoms with Crippen molar-refractivity contribution < 1.29 is 4.79 Å². The topological polar surface area (TPSA) is 25.2 Å². The van der Waals surface area contributed by atoms with Crippen LogP contribution in [0.2, 0.25) is 0 Å². The standard InChI is InChI=1S/C26H34N2O/c1-27-9-5-4-6-21(27)16-28-17-23(22-7-2-3-8-24(22)28)25(29)26-13-18-10-19(14-26)12-20(11-18)15-26/h2-3,7-8,17-21H,4-6,9-16H2,1H3. The van der Waals surface area contributed by atoms with E-state index >= 15 is 0 Å². The second kappa shape index (κ2) is 6.70. The van der Waals surface area contributed by atoms with E-state index in [0.29, 0.717) is 11.8 Å². The van der Waals surface area contributed by atoms with Gasteiger partial charge in [0.1, 0.15) is 0 Å². The zero-order valence-corrected chi connectivity index (χ0v) is 17.8. The first-order valence-electron chi connectivity index (χ1n) is 11.9. The number of likely N-dealkylation sites (tertiary alicyclic amines) is 1. The van der Waals surface area contributed by atoms with E-state index in [9.17, 15) is 4.79 Å². The molecule has 1 aromatic carbocycles. The molecule has 4 saturated carbocycles. The molecule has 1 aliphatic heterocycles. The lowest BCUT2D eigenvalue weighted by atomic mass is 9.48. The highest BCUT2D eigenvalue weighted by molar-refractivity contribution is 6.11. The van der Waals surface area contributed by atoms with Crippen molar-refractivity contribution in [2.75, 3.05) is 13.6 Å². The van der Waals surface area contributed by atoms with Gasteiger partial charge in [-0.2, -0.15) is 0 Å². The van der Waals surface area contributed by atoms with Crippen molar-refractivity contribution in [3.05, 3.63) is 36.0 Å². The summed E-state index contributed by atoms with van der Waals surface area (Å²) in [5, 5.41) is 1.19. The summed E-state index contributed by atoms with van der Waals surface area (Å²) in [7, 11) is 2.26. The number of likely N-dealkylation sites (N-methyl/N-ethyl adjacent to an activating group) is 1. The van der Waals surface area contributed by atoms with E-state index in [0.717, 1.165) is 49.1 Å². The maximum absolute atomic E-state index is 14.1. The van der Waals surface area contributed by atoms with Crippen LogP contribution >= 0.6 is 0 Å². The van der Waals surface area contributed by atoms with Crippen LogP contribution in [-0.4, -0.2) is 34.9 Å². The Morgan fingerprint density at radius 3 is 2.41 bits per heavy atom. The molecule has 3 heteroatoms. The van der Waals surface area contributed by atoms with E-state index in [1.807, 2.05) is 0 Å². The zero-order chi connectivity index (χ0) is 19.6. The fourth-order valence-electron chi connectivity index (χ4n) is 7.86. The van der Waals surface area contributed by atoms with Crippen LogP contribution in [0.3, 0.4) is 0 Å². The number of Topliss-reactive ketones (excluding diaryl/α,β-unsaturated/α-hetero) is 1. The van der Waals surface area contributed by atoms with Gasteiger partial charge in [0, 0.05) is 40.7 Å². The number of benzene rings is 1. The summed E-state index contributed by atoms with van der Waals surface area (Å²) in [4.78, 5) is 16.6. The summed E-state index contributed by atoms with van der Waals surface area (Å²) in [6.07, 6.45) is 13.8. The molecule has 154 valence electrons. The number of rotatable bonds is 4. The Balaban J connectivity index is 1.37. The average molecular weight is 391 g/mol. The van der Waals surface area contributed by atoms with Crippen molar-refractivity contribution >= 4 is 16.7 Å². The van der Waals surface area contributed by atoms with E-state index in [1.165, 1.54) is 56.0 Å². The second-order valence-electron chi connectivity index (χ2n) is 10.9. The van der Waals surface area contributed by atoms with Gasteiger partial charge in [0.05, 0.1) is 0 Å². The lowest BCUT2D eigenvalue weighted by Gasteiger charge is -2.55. The van der Waals surface area contributed by atoms with Gasteiger partial charge in [-0.1, -0.05) is 24.6 Å². The minimum Gasteiger partial charge on any atom is -0.345 e. The van der Waals surface area contributed by atoms with Crippen molar-refractivity contribution in [1.29, 1.82) is 0 Å². The number of ketones is 1. The molecular formula is C26H34N2O. The molecule has 1 aromatic heterocycles. The molecule has 0 amide bonds. The molecule has 0 radical (unpaired) electrons. The summed E-state index contributed by atoms with van der Waals surface area (Å²) in [6, 6.07) is 9.22. The molecule has 29 heavy (non-hydrogen) atoms. The molecule has 5 fully saturated rings. The highest BCUT2D eigenvalue weighted by atomic mass is 16.1. The van der Waals surface area contributed by atoms with Crippen LogP contribution in [0.5, 0.6) is 0 Å². The van der Waals surface area contributed by atoms with E-state index in [1.54, 1.807) is 0 Å². The van der Waals surface area contributed by atoms with Crippen LogP contribution in [0.1, 0.15) is 68.1 Å². The van der Waals surface area contributed by atoms with Crippen molar-refractivity contribution in [1.82, 2.24) is 9.47 Å². The largest absolute Gasteiger partial charge is 0.345 e. The maximum atomic E-state index is 14.1. The summed E-state index contributed by atoms with van der Waals surface area (Å²) >= 11 is 0. The summed E-state index contributed by atoms with van der Waals surface area (Å²) in [5.74, 6) is 2.92. The summed E-state index contributed by atoms with van der Waals surface area (Å²) in [5.41, 5.74) is 2.21. The van der Waals surface area contributed by atoms with Crippen molar-refractivity contribution in [2.45, 2.75) is 70.4 Å². The van der Waals surface area contributed by atoms with E-state index in [4.69, 9.17) is 0 Å². The van der Waals surface area contributed by atoms with Gasteiger partial charge in [-0.15, -0.1) is 0 Å². The van der Waals surface area contributed by atoms with Crippen molar-refractivity contribution in [3.8, 4) is 0 Å². The number of hydrogen-bond donors (Lipinski definition) is 0. The fraction of sp³-hybridized carbons (Fsp3) is 0.654. The number of nitrogens with zero attached hydrogens (tertiary/aromatic N) is 2. The molecule has 4 bridgehead atoms. The van der Waals surface area contributed by atoms with Gasteiger partial charge in [-0.05, 0) is 88.8 Å². The lowest BCUT2D eigenvalue weighted by molar-refractivity contribution is -0.0352. The van der Waals surface area contributed by atoms with Crippen LogP contribution in [0.15, 0.2) is 30.5 Å². The molecule has 3 nitrogen and oxygen atoms in total. The number of carbonyl (C=O) groups is 1. The molecule has 2 heterocycles. The molecule has 1 atom stereocenters. The lowest BCUT2D eigenvalue weighted by Crippen LogP contribution is -2.50. The first-order valence-corrected chi connectivity index (χ1v) is 11.9. The molecule has 4 aliphatic carbocycles. The average Bonchev–Trinajstić information content (AvgIpc) is 3.07. The van der Waals surface area contributed by atoms with E-state index in [-0.39, 0.29) is 5.41 Å². The zero-order valence-electron chi connectivity index (χ0n) is 17.8. The van der Waals surface area contributed by atoms with E-state index in [2.05, 4.69) is 47.0 Å². The predicted molar refractivity (Wildman–Crippen MR) is 117 cm³/mol. The Bertz CT molecular complexity index is 906. The summed E-state index contributed by atoms with van der Waals surface area (Å²) < 4.78 is 2.40. The van der Waals surface area contributed by atoms with E-state index < -0.39 is 0 Å². The third kappa shape index (κ3) is 2.91. The third-order valence-corrected chi connectivity index (χ3v) is 8.88. The van der Waals surface area contributed by atoms with Crippen LogP contribution in [0, 0.1) is 23.2 Å². The second-order valence-corrected chi connectivity index (χ2v) is 10.9. The molecular weight excluding hydrogens is 356 g/mol. The number of carbonyl (C=O) groups excluding carboxylic acids is 1. The first-order chi connectivity index (χ1) is 14.1. The monoisotopic (exact) mass is 390 g/mol. The molecule has 5 aliphatic rings. The molecule has 2 aromatic rings. The normalized spacial score (nSPS) is 36.7. The van der Waals surface area contributed by atoms with Crippen LogP contribution in [0.4, 0.5) is 0 Å². The molecule has 7 rings (SSSR count). The van der Waals surface area contributed by atoms with Gasteiger partial charge >= 0.3 is 0 Å². The van der Waals surface area contributed by atoms with Gasteiger partial charge in [-0.25, -0.2) is 0 Å². The molecule has 1 saturated heterocycles. The highest BCUT2D eigenvalue weighted by Crippen LogP contribution is 2.61. The Hall–Kier alpha value is -1.61. The van der Waals surface area contributed by atoms with Crippen LogP contribution < -0.4 is 0 Å². The fourth-order valence-corrected chi connectivity index (χ4v) is 7.86. The van der Waals surface area contributed by atoms with Crippen LogP contribution in [0.25, 0.3) is 10.9 Å². The summed E-state index contributed by atoms with van der Waals surface area (Å²) in [6.45, 7) is 2.20. The quantitative estimate of drug-likeness (QED) is 0.642. The molecule has 0 spiro atoms. The van der Waals surface area contributed by atoms with Gasteiger partial charge in [0.2, 0.25) is 0 Å². The molecule has 1 unspecified atom stereocenters. The smallest absolute Gasteiger partial charge is 0.171 e. The Morgan fingerprint density at radius 1 is 1.03 bits per heavy atom. The van der Waals surface area contributed by atoms with Gasteiger partial charge in [0.25, 0.3) is 0 Å². The maximum Gasteiger partial charge on any atom is 0.171 e. The Labute approximate surface area is 174 Å². The molecule has 0 N–H and O–H groups in total. The van der Waals surface area contributed by atoms with Gasteiger partial charge in [-0.3, -0.25) is 4.79 Å². The number of para-hydroxylation sites is 1. The predicted octanol–water partition coefficient (Wildman–Crippen LogP) is 5.52. The number of fused-ring (bicyclic) bond motifs is 1. The van der Waals surface area contributed by atoms with Crippen LogP contribution in [-0.2, 0) is 6.54 Å². The third-order valence-electron chi connectivity index (χ3n) is 8.88. The number of hydrogen-bond acceptors (Lipinski definition) is 2. The minimum atomic E-state index is -0.0503. The van der Waals surface area contributed by atoms with Gasteiger partial charge in [0.15, 0.2) is 5.78 Å². The first kappa shape index (κ1) is 18.2. The van der Waals surface area contributed by atoms with Gasteiger partial charge < -0.3 is 9.47 Å². The number of aromatic nitrogens is 1. The van der Waals surface area contributed by atoms with Crippen molar-refractivity contribution in [3.63, 3.8) is 0 Å².